The molecule has 0 aliphatic carbocycles. The zero-order valence-corrected chi connectivity index (χ0v) is 10.9. The maximum atomic E-state index is 11.8. The fourth-order valence-corrected chi connectivity index (χ4v) is 2.42. The van der Waals surface area contributed by atoms with E-state index in [-0.39, 0.29) is 5.91 Å². The first-order valence-corrected chi connectivity index (χ1v) is 6.42. The number of fused-ring (bicyclic) bond motifs is 1. The molecular formula is C16H15N3O. The molecule has 1 heterocycles. The first kappa shape index (κ1) is 12.4. The third-order valence-corrected chi connectivity index (χ3v) is 3.41. The molecule has 2 aromatic carbocycles. The number of para-hydroxylation sites is 1. The minimum Gasteiger partial charge on any atom is -0.343 e. The summed E-state index contributed by atoms with van der Waals surface area (Å²) in [5, 5.41) is 1.19. The largest absolute Gasteiger partial charge is 0.343 e. The number of nitrogens with one attached hydrogen (secondary N) is 1. The molecule has 0 bridgehead atoms. The number of carbonyl (C=O) groups excluding carboxylic acids is 1. The highest BCUT2D eigenvalue weighted by Gasteiger charge is 2.10. The number of nitrogens with two attached hydrogens (primary N) is 1. The quantitative estimate of drug-likeness (QED) is 0.433. The summed E-state index contributed by atoms with van der Waals surface area (Å²) in [7, 11) is 0. The zero-order chi connectivity index (χ0) is 13.9. The van der Waals surface area contributed by atoms with E-state index in [1.807, 2.05) is 36.5 Å². The third-order valence-electron chi connectivity index (χ3n) is 3.41. The van der Waals surface area contributed by atoms with Crippen molar-refractivity contribution in [1.29, 1.82) is 0 Å². The van der Waals surface area contributed by atoms with Gasteiger partial charge >= 0.3 is 0 Å². The molecule has 0 saturated carbocycles. The van der Waals surface area contributed by atoms with Gasteiger partial charge in [-0.15, -0.1) is 0 Å². The van der Waals surface area contributed by atoms with Crippen LogP contribution in [0, 0.1) is 0 Å². The molecule has 3 aromatic rings. The van der Waals surface area contributed by atoms with Crippen LogP contribution >= 0.6 is 0 Å². The Morgan fingerprint density at radius 1 is 1.05 bits per heavy atom. The standard InChI is InChI=1S/C16H15N3O/c17-18-16(20)14-7-3-1-6-13(14)11-19-10-9-12-5-2-4-8-15(12)19/h1-10H,11,17H2,(H,18,20). The van der Waals surface area contributed by atoms with Crippen molar-refractivity contribution in [2.24, 2.45) is 5.84 Å². The molecule has 1 amide bonds. The normalized spacial score (nSPS) is 10.7. The monoisotopic (exact) mass is 265 g/mol. The second-order valence-electron chi connectivity index (χ2n) is 4.63. The van der Waals surface area contributed by atoms with Crippen LogP contribution in [0.4, 0.5) is 0 Å². The lowest BCUT2D eigenvalue weighted by Gasteiger charge is -2.10. The van der Waals surface area contributed by atoms with Crippen molar-refractivity contribution in [3.05, 3.63) is 71.9 Å². The van der Waals surface area contributed by atoms with Crippen LogP contribution in [-0.4, -0.2) is 10.5 Å². The molecule has 100 valence electrons. The maximum absolute atomic E-state index is 11.8. The summed E-state index contributed by atoms with van der Waals surface area (Å²) in [6.07, 6.45) is 2.03. The highest BCUT2D eigenvalue weighted by molar-refractivity contribution is 5.95. The Kier molecular flexibility index (Phi) is 3.23. The summed E-state index contributed by atoms with van der Waals surface area (Å²) in [4.78, 5) is 11.8. The molecule has 0 unspecified atom stereocenters. The van der Waals surface area contributed by atoms with Crippen LogP contribution in [0.25, 0.3) is 10.9 Å². The summed E-state index contributed by atoms with van der Waals surface area (Å²) >= 11 is 0. The van der Waals surface area contributed by atoms with E-state index in [0.717, 1.165) is 11.1 Å². The van der Waals surface area contributed by atoms with Crippen molar-refractivity contribution in [1.82, 2.24) is 9.99 Å². The number of amides is 1. The lowest BCUT2D eigenvalue weighted by molar-refractivity contribution is 0.0952. The van der Waals surface area contributed by atoms with Crippen molar-refractivity contribution in [2.75, 3.05) is 0 Å². The van der Waals surface area contributed by atoms with Crippen LogP contribution in [0.15, 0.2) is 60.8 Å². The number of carbonyl (C=O) groups is 1. The second kappa shape index (κ2) is 5.19. The van der Waals surface area contributed by atoms with Crippen molar-refractivity contribution in [2.45, 2.75) is 6.54 Å². The van der Waals surface area contributed by atoms with E-state index in [4.69, 9.17) is 5.84 Å². The number of nitrogens with zero attached hydrogens (tertiary/aromatic N) is 1. The average molecular weight is 265 g/mol. The van der Waals surface area contributed by atoms with Gasteiger partial charge in [0, 0.05) is 23.8 Å². The predicted octanol–water partition coefficient (Wildman–Crippen LogP) is 2.29. The van der Waals surface area contributed by atoms with Crippen molar-refractivity contribution in [3.8, 4) is 0 Å². The molecule has 4 nitrogen and oxygen atoms in total. The maximum Gasteiger partial charge on any atom is 0.265 e. The van der Waals surface area contributed by atoms with E-state index in [0.29, 0.717) is 12.1 Å². The molecule has 0 saturated heterocycles. The lowest BCUT2D eigenvalue weighted by Crippen LogP contribution is -2.31. The third kappa shape index (κ3) is 2.17. The summed E-state index contributed by atoms with van der Waals surface area (Å²) in [6.45, 7) is 0.636. The van der Waals surface area contributed by atoms with Crippen LogP contribution in [0.3, 0.4) is 0 Å². The molecule has 0 aliphatic heterocycles. The molecule has 0 spiro atoms. The Hall–Kier alpha value is -2.59. The van der Waals surface area contributed by atoms with Gasteiger partial charge in [-0.1, -0.05) is 36.4 Å². The van der Waals surface area contributed by atoms with Crippen LogP contribution in [0.1, 0.15) is 15.9 Å². The topological polar surface area (TPSA) is 60.0 Å². The van der Waals surface area contributed by atoms with Gasteiger partial charge in [-0.2, -0.15) is 0 Å². The Morgan fingerprint density at radius 3 is 2.65 bits per heavy atom. The molecule has 20 heavy (non-hydrogen) atoms. The van der Waals surface area contributed by atoms with E-state index in [9.17, 15) is 4.79 Å². The molecular weight excluding hydrogens is 250 g/mol. The number of hydrazine groups is 1. The van der Waals surface area contributed by atoms with Crippen LogP contribution in [0.5, 0.6) is 0 Å². The summed E-state index contributed by atoms with van der Waals surface area (Å²) in [6, 6.07) is 17.7. The first-order valence-electron chi connectivity index (χ1n) is 6.42. The van der Waals surface area contributed by atoms with E-state index < -0.39 is 0 Å². The minimum absolute atomic E-state index is 0.267. The van der Waals surface area contributed by atoms with Crippen LogP contribution < -0.4 is 11.3 Å². The Labute approximate surface area is 116 Å². The van der Waals surface area contributed by atoms with E-state index in [1.54, 1.807) is 6.07 Å². The van der Waals surface area contributed by atoms with Crippen LogP contribution in [-0.2, 0) is 6.54 Å². The summed E-state index contributed by atoms with van der Waals surface area (Å²) < 4.78 is 2.12. The number of benzene rings is 2. The minimum atomic E-state index is -0.267. The Morgan fingerprint density at radius 2 is 1.80 bits per heavy atom. The second-order valence-corrected chi connectivity index (χ2v) is 4.63. The number of nitrogen functional groups attached to an aromatic ring is 1. The van der Waals surface area contributed by atoms with Gasteiger partial charge in [0.2, 0.25) is 0 Å². The summed E-state index contributed by atoms with van der Waals surface area (Å²) in [5.74, 6) is 4.96. The fraction of sp³-hybridized carbons (Fsp3) is 0.0625. The van der Waals surface area contributed by atoms with Crippen molar-refractivity contribution >= 4 is 16.8 Å². The predicted molar refractivity (Wildman–Crippen MR) is 79.1 cm³/mol. The zero-order valence-electron chi connectivity index (χ0n) is 10.9. The highest BCUT2D eigenvalue weighted by Crippen LogP contribution is 2.18. The first-order chi connectivity index (χ1) is 9.79. The number of rotatable bonds is 3. The van der Waals surface area contributed by atoms with Gasteiger partial charge in [0.1, 0.15) is 0 Å². The number of aromatic nitrogens is 1. The van der Waals surface area contributed by atoms with Crippen molar-refractivity contribution < 1.29 is 4.79 Å². The molecule has 4 heteroatoms. The van der Waals surface area contributed by atoms with Crippen molar-refractivity contribution in [3.63, 3.8) is 0 Å². The van der Waals surface area contributed by atoms with E-state index in [2.05, 4.69) is 28.2 Å². The molecule has 0 atom stereocenters. The molecule has 0 fully saturated rings. The van der Waals surface area contributed by atoms with E-state index >= 15 is 0 Å². The highest BCUT2D eigenvalue weighted by atomic mass is 16.2. The van der Waals surface area contributed by atoms with Crippen LogP contribution in [0.2, 0.25) is 0 Å². The molecule has 3 N–H and O–H groups in total. The van der Waals surface area contributed by atoms with E-state index in [1.165, 1.54) is 5.39 Å². The lowest BCUT2D eigenvalue weighted by atomic mass is 10.1. The van der Waals surface area contributed by atoms with Gasteiger partial charge in [-0.3, -0.25) is 10.2 Å². The smallest absolute Gasteiger partial charge is 0.265 e. The van der Waals surface area contributed by atoms with Gasteiger partial charge in [-0.25, -0.2) is 5.84 Å². The molecule has 0 radical (unpaired) electrons. The molecule has 1 aromatic heterocycles. The Bertz CT molecular complexity index is 761. The fourth-order valence-electron chi connectivity index (χ4n) is 2.42. The van der Waals surface area contributed by atoms with Gasteiger partial charge in [-0.05, 0) is 29.1 Å². The van der Waals surface area contributed by atoms with Gasteiger partial charge < -0.3 is 4.57 Å². The van der Waals surface area contributed by atoms with Gasteiger partial charge in [0.05, 0.1) is 0 Å². The average Bonchev–Trinajstić information content (AvgIpc) is 2.90. The van der Waals surface area contributed by atoms with Gasteiger partial charge in [0.25, 0.3) is 5.91 Å². The van der Waals surface area contributed by atoms with Gasteiger partial charge in [0.15, 0.2) is 0 Å². The summed E-state index contributed by atoms with van der Waals surface area (Å²) in [5.41, 5.74) is 4.88. The SMILES string of the molecule is NNC(=O)c1ccccc1Cn1ccc2ccccc21. The molecule has 3 rings (SSSR count). The molecule has 0 aliphatic rings. The number of hydrogen-bond donors (Lipinski definition) is 2. The Balaban J connectivity index is 2.01. The number of hydrogen-bond acceptors (Lipinski definition) is 2.